The summed E-state index contributed by atoms with van der Waals surface area (Å²) in [6.45, 7) is 0. The van der Waals surface area contributed by atoms with E-state index >= 15 is 0 Å². The molecule has 19 heavy (non-hydrogen) atoms. The van der Waals surface area contributed by atoms with E-state index in [2.05, 4.69) is 20.9 Å². The summed E-state index contributed by atoms with van der Waals surface area (Å²) in [6, 6.07) is 9.05. The first-order valence-corrected chi connectivity index (χ1v) is 8.33. The maximum atomic E-state index is 12.2. The number of fused-ring (bicyclic) bond motifs is 1. The number of hydrogen-bond acceptors (Lipinski definition) is 5. The van der Waals surface area contributed by atoms with Crippen LogP contribution in [0.1, 0.15) is 4.88 Å². The third-order valence-corrected chi connectivity index (χ3v) is 5.43. The van der Waals surface area contributed by atoms with Crippen LogP contribution >= 0.6 is 27.3 Å². The molecule has 7 heteroatoms. The van der Waals surface area contributed by atoms with E-state index in [4.69, 9.17) is 10.2 Å². The number of thiophene rings is 1. The fraction of sp³-hybridized carbons (Fsp3) is 0.0833. The van der Waals surface area contributed by atoms with Crippen molar-refractivity contribution in [3.63, 3.8) is 0 Å². The second-order valence-electron chi connectivity index (χ2n) is 3.90. The van der Waals surface area contributed by atoms with Crippen molar-refractivity contribution in [2.45, 2.75) is 11.0 Å². The molecule has 0 aliphatic heterocycles. The van der Waals surface area contributed by atoms with Crippen molar-refractivity contribution in [2.24, 2.45) is 0 Å². The number of halogens is 1. The topological polar surface area (TPSA) is 69.1 Å². The van der Waals surface area contributed by atoms with Gasteiger partial charge in [0.2, 0.25) is 0 Å². The molecule has 2 aromatic heterocycles. The first-order chi connectivity index (χ1) is 9.11. The van der Waals surface area contributed by atoms with E-state index in [0.717, 1.165) is 8.66 Å². The predicted octanol–water partition coefficient (Wildman–Crippen LogP) is 3.54. The van der Waals surface area contributed by atoms with Crippen LogP contribution in [0.3, 0.4) is 0 Å². The van der Waals surface area contributed by atoms with Crippen molar-refractivity contribution in [1.82, 2.24) is 4.98 Å². The molecule has 0 radical (unpaired) electrons. The summed E-state index contributed by atoms with van der Waals surface area (Å²) < 4.78 is 18.7. The number of anilines is 1. The van der Waals surface area contributed by atoms with Gasteiger partial charge in [-0.15, -0.1) is 11.3 Å². The maximum absolute atomic E-state index is 12.2. The third-order valence-electron chi connectivity index (χ3n) is 2.49. The minimum Gasteiger partial charge on any atom is -0.430 e. The van der Waals surface area contributed by atoms with Crippen LogP contribution in [0, 0.1) is 0 Å². The van der Waals surface area contributed by atoms with Crippen LogP contribution in [-0.2, 0) is 16.6 Å². The van der Waals surface area contributed by atoms with E-state index in [1.54, 1.807) is 29.5 Å². The van der Waals surface area contributed by atoms with Gasteiger partial charge >= 0.3 is 0 Å². The first kappa shape index (κ1) is 12.8. The van der Waals surface area contributed by atoms with E-state index in [0.29, 0.717) is 22.5 Å². The number of nitrogens with two attached hydrogens (primary N) is 1. The molecular formula is C12H9BrN2O2S2. The molecule has 3 rings (SSSR count). The molecule has 98 valence electrons. The summed E-state index contributed by atoms with van der Waals surface area (Å²) in [5.41, 5.74) is 7.52. The Kier molecular flexibility index (Phi) is 3.42. The van der Waals surface area contributed by atoms with Gasteiger partial charge in [-0.3, -0.25) is 0 Å². The van der Waals surface area contributed by atoms with Crippen LogP contribution in [-0.4, -0.2) is 9.19 Å². The quantitative estimate of drug-likeness (QED) is 0.728. The molecule has 3 aromatic rings. The van der Waals surface area contributed by atoms with Gasteiger partial charge in [0.05, 0.1) is 9.54 Å². The number of nitrogen functional groups attached to an aromatic ring is 1. The molecule has 0 aliphatic carbocycles. The molecular weight excluding hydrogens is 348 g/mol. The molecule has 0 saturated heterocycles. The van der Waals surface area contributed by atoms with Crippen LogP contribution in [0.5, 0.6) is 0 Å². The van der Waals surface area contributed by atoms with Gasteiger partial charge in [0, 0.05) is 10.6 Å². The summed E-state index contributed by atoms with van der Waals surface area (Å²) in [7, 11) is -1.29. The van der Waals surface area contributed by atoms with E-state index in [1.807, 2.05) is 12.1 Å². The van der Waals surface area contributed by atoms with Crippen molar-refractivity contribution >= 4 is 54.9 Å². The molecule has 2 N–H and O–H groups in total. The summed E-state index contributed by atoms with van der Waals surface area (Å²) in [5, 5.41) is 0.241. The van der Waals surface area contributed by atoms with Crippen molar-refractivity contribution in [3.05, 3.63) is 39.0 Å². The molecule has 0 amide bonds. The van der Waals surface area contributed by atoms with Gasteiger partial charge in [-0.2, -0.15) is 0 Å². The summed E-state index contributed by atoms with van der Waals surface area (Å²) in [5.74, 6) is 0.401. The van der Waals surface area contributed by atoms with Crippen LogP contribution in [0.4, 0.5) is 5.69 Å². The second kappa shape index (κ2) is 5.07. The Morgan fingerprint density at radius 3 is 2.95 bits per heavy atom. The highest BCUT2D eigenvalue weighted by Crippen LogP contribution is 2.26. The molecule has 0 fully saturated rings. The summed E-state index contributed by atoms with van der Waals surface area (Å²) >= 11 is 4.94. The summed E-state index contributed by atoms with van der Waals surface area (Å²) in [6.07, 6.45) is 0. The highest BCUT2D eigenvalue weighted by Gasteiger charge is 2.14. The Morgan fingerprint density at radius 2 is 2.21 bits per heavy atom. The van der Waals surface area contributed by atoms with E-state index in [9.17, 15) is 4.21 Å². The highest BCUT2D eigenvalue weighted by atomic mass is 79.9. The van der Waals surface area contributed by atoms with E-state index in [1.165, 1.54) is 0 Å². The molecule has 1 unspecified atom stereocenters. The molecule has 2 heterocycles. The Morgan fingerprint density at radius 1 is 1.37 bits per heavy atom. The van der Waals surface area contributed by atoms with Crippen LogP contribution in [0.2, 0.25) is 0 Å². The average Bonchev–Trinajstić information content (AvgIpc) is 2.95. The molecule has 0 bridgehead atoms. The first-order valence-electron chi connectivity index (χ1n) is 5.40. The highest BCUT2D eigenvalue weighted by molar-refractivity contribution is 9.11. The van der Waals surface area contributed by atoms with Crippen molar-refractivity contribution in [1.29, 1.82) is 0 Å². The van der Waals surface area contributed by atoms with Crippen molar-refractivity contribution in [2.75, 3.05) is 5.73 Å². The molecule has 0 spiro atoms. The lowest BCUT2D eigenvalue weighted by Gasteiger charge is -1.93. The van der Waals surface area contributed by atoms with E-state index < -0.39 is 10.8 Å². The lowest BCUT2D eigenvalue weighted by molar-refractivity contribution is 0.477. The molecule has 0 saturated carbocycles. The second-order valence-corrected chi connectivity index (χ2v) is 7.78. The van der Waals surface area contributed by atoms with Gasteiger partial charge in [-0.05, 0) is 46.3 Å². The Balaban J connectivity index is 1.89. The number of hydrogen-bond donors (Lipinski definition) is 1. The van der Waals surface area contributed by atoms with Gasteiger partial charge in [-0.1, -0.05) is 0 Å². The van der Waals surface area contributed by atoms with E-state index in [-0.39, 0.29) is 5.22 Å². The lowest BCUT2D eigenvalue weighted by atomic mass is 10.3. The van der Waals surface area contributed by atoms with Gasteiger partial charge in [-0.25, -0.2) is 9.19 Å². The zero-order chi connectivity index (χ0) is 13.4. The monoisotopic (exact) mass is 356 g/mol. The predicted molar refractivity (Wildman–Crippen MR) is 80.6 cm³/mol. The van der Waals surface area contributed by atoms with Gasteiger partial charge in [0.25, 0.3) is 5.22 Å². The minimum atomic E-state index is -1.29. The SMILES string of the molecule is Nc1ccc2oc(S(=O)Cc3ccc(Br)s3)nc2c1. The van der Waals surface area contributed by atoms with Gasteiger partial charge in [0.15, 0.2) is 5.58 Å². The Hall–Kier alpha value is -1.18. The minimum absolute atomic E-state index is 0.241. The molecule has 0 aliphatic rings. The van der Waals surface area contributed by atoms with Crippen LogP contribution < -0.4 is 5.73 Å². The van der Waals surface area contributed by atoms with Crippen LogP contribution in [0.15, 0.2) is 43.8 Å². The van der Waals surface area contributed by atoms with Crippen molar-refractivity contribution in [3.8, 4) is 0 Å². The number of benzene rings is 1. The van der Waals surface area contributed by atoms with Crippen LogP contribution in [0.25, 0.3) is 11.1 Å². The normalized spacial score (nSPS) is 12.9. The zero-order valence-corrected chi connectivity index (χ0v) is 12.8. The van der Waals surface area contributed by atoms with Gasteiger partial charge < -0.3 is 10.2 Å². The fourth-order valence-corrected chi connectivity index (χ4v) is 4.34. The fourth-order valence-electron chi connectivity index (χ4n) is 1.64. The molecule has 1 atom stereocenters. The largest absolute Gasteiger partial charge is 0.430 e. The number of nitrogens with zero attached hydrogens (tertiary/aromatic N) is 1. The average molecular weight is 357 g/mol. The Labute approximate surface area is 124 Å². The third kappa shape index (κ3) is 2.72. The summed E-state index contributed by atoms with van der Waals surface area (Å²) in [4.78, 5) is 5.24. The van der Waals surface area contributed by atoms with Gasteiger partial charge in [0.1, 0.15) is 16.3 Å². The zero-order valence-electron chi connectivity index (χ0n) is 9.63. The number of aromatic nitrogens is 1. The molecule has 1 aromatic carbocycles. The van der Waals surface area contributed by atoms with Crippen molar-refractivity contribution < 1.29 is 8.63 Å². The number of rotatable bonds is 3. The maximum Gasteiger partial charge on any atom is 0.288 e. The standard InChI is InChI=1S/C12H9BrN2O2S2/c13-11-4-2-8(18-11)6-19(16)12-15-9-5-7(14)1-3-10(9)17-12/h1-5H,6,14H2. The lowest BCUT2D eigenvalue weighted by Crippen LogP contribution is -1.94. The Bertz CT molecular complexity index is 766. The molecule has 4 nitrogen and oxygen atoms in total. The smallest absolute Gasteiger partial charge is 0.288 e. The number of oxazole rings is 1.